The van der Waals surface area contributed by atoms with Gasteiger partial charge in [0.25, 0.3) is 0 Å². The van der Waals surface area contributed by atoms with E-state index in [1.165, 1.54) is 23.1 Å². The Labute approximate surface area is 124 Å². The molecule has 0 aromatic carbocycles. The molecule has 3 aromatic rings. The van der Waals surface area contributed by atoms with E-state index < -0.39 is 0 Å². The normalized spacial score (nSPS) is 10.7. The van der Waals surface area contributed by atoms with Gasteiger partial charge in [-0.05, 0) is 24.5 Å². The van der Waals surface area contributed by atoms with Crippen molar-refractivity contribution in [1.29, 1.82) is 0 Å². The predicted molar refractivity (Wildman–Crippen MR) is 82.6 cm³/mol. The summed E-state index contributed by atoms with van der Waals surface area (Å²) in [6.07, 6.45) is 5.41. The van der Waals surface area contributed by atoms with Crippen LogP contribution in [0, 0.1) is 0 Å². The topological polar surface area (TPSA) is 77.6 Å². The van der Waals surface area contributed by atoms with Crippen molar-refractivity contribution in [3.63, 3.8) is 0 Å². The van der Waals surface area contributed by atoms with Crippen LogP contribution < -0.4 is 5.73 Å². The minimum Gasteiger partial charge on any atom is -0.399 e. The predicted octanol–water partition coefficient (Wildman–Crippen LogP) is 2.97. The molecule has 7 heteroatoms. The zero-order chi connectivity index (χ0) is 13.9. The lowest BCUT2D eigenvalue weighted by Gasteiger charge is -2.05. The molecule has 100 valence electrons. The third kappa shape index (κ3) is 2.63. The van der Waals surface area contributed by atoms with E-state index in [9.17, 15) is 0 Å². The number of pyridine rings is 1. The number of nitrogens with two attached hydrogens (primary N) is 1. The smallest absolute Gasteiger partial charge is 0.187 e. The van der Waals surface area contributed by atoms with Crippen molar-refractivity contribution in [1.82, 2.24) is 19.9 Å². The third-order valence-electron chi connectivity index (χ3n) is 2.58. The summed E-state index contributed by atoms with van der Waals surface area (Å²) in [5.41, 5.74) is 8.86. The van der Waals surface area contributed by atoms with E-state index >= 15 is 0 Å². The van der Waals surface area contributed by atoms with Gasteiger partial charge in [-0.15, -0.1) is 11.3 Å². The van der Waals surface area contributed by atoms with Crippen molar-refractivity contribution in [3.05, 3.63) is 36.0 Å². The van der Waals surface area contributed by atoms with Crippen LogP contribution >= 0.6 is 23.1 Å². The first-order chi connectivity index (χ1) is 9.76. The number of aromatic nitrogens is 4. The molecule has 0 radical (unpaired) electrons. The molecule has 3 aromatic heterocycles. The molecule has 0 aliphatic carbocycles. The molecule has 0 unspecified atom stereocenters. The maximum Gasteiger partial charge on any atom is 0.187 e. The number of anilines is 1. The van der Waals surface area contributed by atoms with Crippen LogP contribution in [0.4, 0.5) is 5.69 Å². The quantitative estimate of drug-likeness (QED) is 0.592. The van der Waals surface area contributed by atoms with Gasteiger partial charge in [-0.2, -0.15) is 0 Å². The average Bonchev–Trinajstić information content (AvgIpc) is 3.01. The highest BCUT2D eigenvalue weighted by molar-refractivity contribution is 7.98. The lowest BCUT2D eigenvalue weighted by atomic mass is 10.2. The molecule has 0 aliphatic heterocycles. The molecule has 3 rings (SSSR count). The molecule has 0 amide bonds. The average molecular weight is 301 g/mol. The van der Waals surface area contributed by atoms with Gasteiger partial charge in [0, 0.05) is 23.5 Å². The van der Waals surface area contributed by atoms with Crippen molar-refractivity contribution >= 4 is 28.8 Å². The van der Waals surface area contributed by atoms with Crippen LogP contribution in [0.25, 0.3) is 22.1 Å². The Morgan fingerprint density at radius 2 is 1.90 bits per heavy atom. The Bertz CT molecular complexity index is 727. The van der Waals surface area contributed by atoms with E-state index in [0.29, 0.717) is 10.8 Å². The monoisotopic (exact) mass is 301 g/mol. The zero-order valence-electron chi connectivity index (χ0n) is 10.6. The van der Waals surface area contributed by atoms with Gasteiger partial charge in [-0.1, -0.05) is 11.8 Å². The zero-order valence-corrected chi connectivity index (χ0v) is 12.3. The van der Waals surface area contributed by atoms with Crippen molar-refractivity contribution in [2.45, 2.75) is 5.16 Å². The number of hydrogen-bond donors (Lipinski definition) is 1. The van der Waals surface area contributed by atoms with E-state index in [0.717, 1.165) is 22.1 Å². The van der Waals surface area contributed by atoms with Crippen molar-refractivity contribution in [3.8, 4) is 22.1 Å². The van der Waals surface area contributed by atoms with Crippen LogP contribution in [-0.2, 0) is 0 Å². The lowest BCUT2D eigenvalue weighted by Crippen LogP contribution is -1.96. The van der Waals surface area contributed by atoms with Crippen LogP contribution in [-0.4, -0.2) is 26.2 Å². The SMILES string of the molecule is CSc1nccc(-c2cc(N)cc(-c3nccs3)n2)n1. The Morgan fingerprint density at radius 1 is 1.05 bits per heavy atom. The first kappa shape index (κ1) is 13.0. The van der Waals surface area contributed by atoms with E-state index in [1.807, 2.05) is 29.8 Å². The Hall–Kier alpha value is -1.99. The lowest BCUT2D eigenvalue weighted by molar-refractivity contribution is 0.971. The largest absolute Gasteiger partial charge is 0.399 e. The summed E-state index contributed by atoms with van der Waals surface area (Å²) in [5.74, 6) is 0. The third-order valence-corrected chi connectivity index (χ3v) is 3.94. The van der Waals surface area contributed by atoms with Crippen LogP contribution in [0.15, 0.2) is 41.1 Å². The summed E-state index contributed by atoms with van der Waals surface area (Å²) in [7, 11) is 0. The maximum atomic E-state index is 5.96. The van der Waals surface area contributed by atoms with E-state index in [1.54, 1.807) is 12.4 Å². The van der Waals surface area contributed by atoms with Crippen molar-refractivity contribution in [2.75, 3.05) is 12.0 Å². The van der Waals surface area contributed by atoms with E-state index in [4.69, 9.17) is 5.73 Å². The second kappa shape index (κ2) is 5.56. The second-order valence-corrected chi connectivity index (χ2v) is 5.60. The van der Waals surface area contributed by atoms with Gasteiger partial charge < -0.3 is 5.73 Å². The highest BCUT2D eigenvalue weighted by Crippen LogP contribution is 2.26. The Kier molecular flexibility index (Phi) is 3.62. The molecular formula is C13H11N5S2. The summed E-state index contributed by atoms with van der Waals surface area (Å²) in [4.78, 5) is 17.5. The Morgan fingerprint density at radius 3 is 2.65 bits per heavy atom. The number of hydrogen-bond acceptors (Lipinski definition) is 7. The van der Waals surface area contributed by atoms with E-state index in [2.05, 4.69) is 19.9 Å². The number of nitrogen functional groups attached to an aromatic ring is 1. The minimum absolute atomic E-state index is 0.643. The van der Waals surface area contributed by atoms with Gasteiger partial charge in [-0.25, -0.2) is 19.9 Å². The summed E-state index contributed by atoms with van der Waals surface area (Å²) in [6.45, 7) is 0. The summed E-state index contributed by atoms with van der Waals surface area (Å²) in [6, 6.07) is 5.45. The first-order valence-corrected chi connectivity index (χ1v) is 7.91. The highest BCUT2D eigenvalue weighted by atomic mass is 32.2. The molecule has 0 fully saturated rings. The number of nitrogens with zero attached hydrogens (tertiary/aromatic N) is 4. The van der Waals surface area contributed by atoms with Crippen LogP contribution in [0.2, 0.25) is 0 Å². The van der Waals surface area contributed by atoms with Gasteiger partial charge in [-0.3, -0.25) is 0 Å². The molecule has 0 saturated heterocycles. The molecule has 0 bridgehead atoms. The molecule has 5 nitrogen and oxygen atoms in total. The number of thiazole rings is 1. The summed E-state index contributed by atoms with van der Waals surface area (Å²) < 4.78 is 0. The van der Waals surface area contributed by atoms with Gasteiger partial charge in [0.1, 0.15) is 10.7 Å². The van der Waals surface area contributed by atoms with Gasteiger partial charge in [0.2, 0.25) is 0 Å². The summed E-state index contributed by atoms with van der Waals surface area (Å²) >= 11 is 3.02. The molecule has 0 atom stereocenters. The molecule has 3 heterocycles. The molecule has 0 spiro atoms. The molecule has 0 saturated carbocycles. The molecule has 20 heavy (non-hydrogen) atoms. The fourth-order valence-electron chi connectivity index (χ4n) is 1.72. The van der Waals surface area contributed by atoms with Crippen LogP contribution in [0.1, 0.15) is 0 Å². The molecule has 0 aliphatic rings. The number of thioether (sulfide) groups is 1. The first-order valence-electron chi connectivity index (χ1n) is 5.81. The van der Waals surface area contributed by atoms with Crippen LogP contribution in [0.5, 0.6) is 0 Å². The standard InChI is InChI=1S/C13H11N5S2/c1-19-13-16-3-2-9(18-13)10-6-8(14)7-11(17-10)12-15-4-5-20-12/h2-7H,1H3,(H2,14,17). The van der Waals surface area contributed by atoms with Crippen LogP contribution in [0.3, 0.4) is 0 Å². The van der Waals surface area contributed by atoms with E-state index in [-0.39, 0.29) is 0 Å². The van der Waals surface area contributed by atoms with Gasteiger partial charge in [0.05, 0.1) is 11.4 Å². The van der Waals surface area contributed by atoms with Crippen molar-refractivity contribution < 1.29 is 0 Å². The molecule has 2 N–H and O–H groups in total. The Balaban J connectivity index is 2.09. The van der Waals surface area contributed by atoms with Gasteiger partial charge in [0.15, 0.2) is 5.16 Å². The summed E-state index contributed by atoms with van der Waals surface area (Å²) in [5, 5.41) is 3.47. The maximum absolute atomic E-state index is 5.96. The fraction of sp³-hybridized carbons (Fsp3) is 0.0769. The number of rotatable bonds is 3. The fourth-order valence-corrected chi connectivity index (χ4v) is 2.68. The second-order valence-electron chi connectivity index (χ2n) is 3.94. The minimum atomic E-state index is 0.643. The highest BCUT2D eigenvalue weighted by Gasteiger charge is 2.09. The van der Waals surface area contributed by atoms with Gasteiger partial charge >= 0.3 is 0 Å². The van der Waals surface area contributed by atoms with Crippen molar-refractivity contribution in [2.24, 2.45) is 0 Å². The molecular weight excluding hydrogens is 290 g/mol.